The number of thiophene rings is 1. The number of likely N-dealkylation sites (tertiary alicyclic amines) is 1. The molecule has 9 heteroatoms. The number of nitrogens with zero attached hydrogens (tertiary/aromatic N) is 1. The third kappa shape index (κ3) is 3.86. The van der Waals surface area contributed by atoms with Gasteiger partial charge in [-0.25, -0.2) is 8.42 Å². The summed E-state index contributed by atoms with van der Waals surface area (Å²) in [7, 11) is -3.88. The molecule has 0 aliphatic carbocycles. The Morgan fingerprint density at radius 1 is 1.06 bits per heavy atom. The molecule has 2 aliphatic rings. The van der Waals surface area contributed by atoms with Crippen molar-refractivity contribution in [2.24, 2.45) is 0 Å². The van der Waals surface area contributed by atoms with Crippen LogP contribution < -0.4 is 14.2 Å². The van der Waals surface area contributed by atoms with Crippen molar-refractivity contribution in [1.82, 2.24) is 4.90 Å². The van der Waals surface area contributed by atoms with Gasteiger partial charge in [-0.3, -0.25) is 9.52 Å². The molecule has 3 heterocycles. The highest BCUT2D eigenvalue weighted by molar-refractivity contribution is 7.92. The molecule has 160 valence electrons. The minimum absolute atomic E-state index is 0.0305. The minimum Gasteiger partial charge on any atom is -0.454 e. The Morgan fingerprint density at radius 2 is 1.94 bits per heavy atom. The second kappa shape index (κ2) is 7.90. The van der Waals surface area contributed by atoms with Crippen LogP contribution in [-0.2, 0) is 10.0 Å². The Morgan fingerprint density at radius 3 is 2.77 bits per heavy atom. The number of anilines is 1. The first-order valence-corrected chi connectivity index (χ1v) is 12.2. The molecule has 1 N–H and O–H groups in total. The molecule has 1 amide bonds. The number of nitrogens with one attached hydrogen (secondary N) is 1. The third-order valence-electron chi connectivity index (χ3n) is 5.40. The van der Waals surface area contributed by atoms with Crippen molar-refractivity contribution in [3.63, 3.8) is 0 Å². The largest absolute Gasteiger partial charge is 0.454 e. The zero-order chi connectivity index (χ0) is 21.4. The molecule has 0 spiro atoms. The van der Waals surface area contributed by atoms with E-state index < -0.39 is 10.0 Å². The molecular formula is C22H20N2O5S2. The fourth-order valence-electron chi connectivity index (χ4n) is 3.92. The first-order chi connectivity index (χ1) is 15.0. The van der Waals surface area contributed by atoms with E-state index in [-0.39, 0.29) is 23.6 Å². The van der Waals surface area contributed by atoms with Gasteiger partial charge in [0.25, 0.3) is 15.9 Å². The van der Waals surface area contributed by atoms with Gasteiger partial charge < -0.3 is 14.4 Å². The van der Waals surface area contributed by atoms with Gasteiger partial charge in [-0.2, -0.15) is 0 Å². The second-order valence-corrected chi connectivity index (χ2v) is 10.0. The van der Waals surface area contributed by atoms with Crippen LogP contribution in [0.4, 0.5) is 5.69 Å². The van der Waals surface area contributed by atoms with Crippen molar-refractivity contribution in [2.75, 3.05) is 18.1 Å². The summed E-state index contributed by atoms with van der Waals surface area (Å²) in [6, 6.07) is 15.1. The molecule has 3 aromatic rings. The van der Waals surface area contributed by atoms with Gasteiger partial charge in [0, 0.05) is 23.1 Å². The lowest BCUT2D eigenvalue weighted by Gasteiger charge is -2.24. The first-order valence-electron chi connectivity index (χ1n) is 9.88. The normalized spacial score (nSPS) is 17.7. The average Bonchev–Trinajstić information content (AvgIpc) is 3.53. The molecule has 1 fully saturated rings. The summed E-state index contributed by atoms with van der Waals surface area (Å²) in [6.07, 6.45) is 1.84. The highest BCUT2D eigenvalue weighted by Gasteiger charge is 2.31. The summed E-state index contributed by atoms with van der Waals surface area (Å²) in [6.45, 7) is 0.770. The van der Waals surface area contributed by atoms with Crippen LogP contribution in [0.2, 0.25) is 0 Å². The number of benzene rings is 2. The number of sulfonamides is 1. The number of carbonyl (C=O) groups is 1. The smallest absolute Gasteiger partial charge is 0.261 e. The molecule has 1 atom stereocenters. The molecule has 5 rings (SSSR count). The topological polar surface area (TPSA) is 84.9 Å². The SMILES string of the molecule is O=C(c1cccc(S(=O)(=O)Nc2ccc3c(c2)OCO3)c1)N1CCCC1c1cccs1. The lowest BCUT2D eigenvalue weighted by atomic mass is 10.1. The number of hydrogen-bond donors (Lipinski definition) is 1. The van der Waals surface area contributed by atoms with Crippen LogP contribution in [0.15, 0.2) is 64.9 Å². The lowest BCUT2D eigenvalue weighted by molar-refractivity contribution is 0.0737. The van der Waals surface area contributed by atoms with Crippen LogP contribution in [0.3, 0.4) is 0 Å². The Kier molecular flexibility index (Phi) is 5.07. The number of amides is 1. The second-order valence-electron chi connectivity index (χ2n) is 7.37. The summed E-state index contributed by atoms with van der Waals surface area (Å²) in [5.41, 5.74) is 0.718. The number of ether oxygens (including phenoxy) is 2. The van der Waals surface area contributed by atoms with Gasteiger partial charge in [0.15, 0.2) is 11.5 Å². The zero-order valence-corrected chi connectivity index (χ0v) is 18.1. The molecular weight excluding hydrogens is 436 g/mol. The molecule has 2 aromatic carbocycles. The van der Waals surface area contributed by atoms with E-state index in [4.69, 9.17) is 9.47 Å². The number of carbonyl (C=O) groups excluding carboxylic acids is 1. The molecule has 0 radical (unpaired) electrons. The molecule has 1 unspecified atom stereocenters. The van der Waals surface area contributed by atoms with Crippen LogP contribution in [0, 0.1) is 0 Å². The summed E-state index contributed by atoms with van der Waals surface area (Å²) in [5, 5.41) is 2.01. The number of fused-ring (bicyclic) bond motifs is 1. The van der Waals surface area contributed by atoms with Crippen molar-refractivity contribution in [2.45, 2.75) is 23.8 Å². The maximum absolute atomic E-state index is 13.2. The van der Waals surface area contributed by atoms with Gasteiger partial charge in [-0.1, -0.05) is 12.1 Å². The van der Waals surface area contributed by atoms with Gasteiger partial charge in [-0.05, 0) is 54.6 Å². The van der Waals surface area contributed by atoms with Crippen molar-refractivity contribution in [1.29, 1.82) is 0 Å². The number of rotatable bonds is 5. The van der Waals surface area contributed by atoms with Gasteiger partial charge in [-0.15, -0.1) is 11.3 Å². The van der Waals surface area contributed by atoms with E-state index in [9.17, 15) is 13.2 Å². The van der Waals surface area contributed by atoms with Gasteiger partial charge in [0.1, 0.15) is 0 Å². The standard InChI is InChI=1S/C22H20N2O5S2/c25-22(24-10-2-6-18(24)21-7-3-11-30-21)15-4-1-5-17(12-15)31(26,27)23-16-8-9-19-20(13-16)29-14-28-19/h1,3-5,7-9,11-13,18,23H,2,6,10,14H2. The Bertz CT molecular complexity index is 1220. The lowest BCUT2D eigenvalue weighted by Crippen LogP contribution is -2.30. The zero-order valence-electron chi connectivity index (χ0n) is 16.5. The monoisotopic (exact) mass is 456 g/mol. The highest BCUT2D eigenvalue weighted by Crippen LogP contribution is 2.36. The minimum atomic E-state index is -3.88. The van der Waals surface area contributed by atoms with E-state index >= 15 is 0 Å². The molecule has 1 aromatic heterocycles. The Hall–Kier alpha value is -3.04. The van der Waals surface area contributed by atoms with Crippen molar-refractivity contribution >= 4 is 33.0 Å². The van der Waals surface area contributed by atoms with Gasteiger partial charge in [0.05, 0.1) is 16.6 Å². The highest BCUT2D eigenvalue weighted by atomic mass is 32.2. The predicted molar refractivity (Wildman–Crippen MR) is 117 cm³/mol. The summed E-state index contributed by atoms with van der Waals surface area (Å²) >= 11 is 1.63. The van der Waals surface area contributed by atoms with Gasteiger partial charge in [0.2, 0.25) is 6.79 Å². The molecule has 2 aliphatic heterocycles. The van der Waals surface area contributed by atoms with Crippen LogP contribution in [0.5, 0.6) is 11.5 Å². The summed E-state index contributed by atoms with van der Waals surface area (Å²) in [5.74, 6) is 0.898. The predicted octanol–water partition coefficient (Wildman–Crippen LogP) is 4.25. The van der Waals surface area contributed by atoms with E-state index in [0.29, 0.717) is 29.3 Å². The molecule has 0 saturated carbocycles. The van der Waals surface area contributed by atoms with Crippen molar-refractivity contribution < 1.29 is 22.7 Å². The van der Waals surface area contributed by atoms with E-state index in [1.54, 1.807) is 41.7 Å². The molecule has 31 heavy (non-hydrogen) atoms. The Balaban J connectivity index is 1.38. The van der Waals surface area contributed by atoms with E-state index in [1.165, 1.54) is 12.1 Å². The maximum Gasteiger partial charge on any atom is 0.261 e. The summed E-state index contributed by atoms with van der Waals surface area (Å²) < 4.78 is 39.0. The van der Waals surface area contributed by atoms with Crippen molar-refractivity contribution in [3.05, 3.63) is 70.4 Å². The first kappa shape index (κ1) is 19.9. The van der Waals surface area contributed by atoms with Crippen LogP contribution in [0.25, 0.3) is 0 Å². The number of hydrogen-bond acceptors (Lipinski definition) is 6. The van der Waals surface area contributed by atoms with E-state index in [0.717, 1.165) is 17.7 Å². The fourth-order valence-corrected chi connectivity index (χ4v) is 5.89. The quantitative estimate of drug-likeness (QED) is 0.620. The average molecular weight is 457 g/mol. The van der Waals surface area contributed by atoms with Crippen LogP contribution in [0.1, 0.15) is 34.1 Å². The van der Waals surface area contributed by atoms with Crippen molar-refractivity contribution in [3.8, 4) is 11.5 Å². The summed E-state index contributed by atoms with van der Waals surface area (Å²) in [4.78, 5) is 16.2. The van der Waals surface area contributed by atoms with Crippen LogP contribution in [-0.4, -0.2) is 32.6 Å². The maximum atomic E-state index is 13.2. The van der Waals surface area contributed by atoms with E-state index in [1.807, 2.05) is 22.4 Å². The third-order valence-corrected chi connectivity index (χ3v) is 7.75. The molecule has 1 saturated heterocycles. The fraction of sp³-hybridized carbons (Fsp3) is 0.227. The molecule has 7 nitrogen and oxygen atoms in total. The van der Waals surface area contributed by atoms with E-state index in [2.05, 4.69) is 4.72 Å². The van der Waals surface area contributed by atoms with Crippen LogP contribution >= 0.6 is 11.3 Å². The Labute approximate surface area is 184 Å². The molecule has 0 bridgehead atoms. The van der Waals surface area contributed by atoms with Gasteiger partial charge >= 0.3 is 0 Å².